The number of urea groups is 2. The van der Waals surface area contributed by atoms with Crippen LogP contribution in [0.5, 0.6) is 0 Å². The number of amides is 4. The SMILES string of the molecule is O=C(CN(c1cnc(NC(=O)N(CC2CCCC2)c2ccc(F)c(F)c2)s1)S(=O)[O-])OC(=O)C1CCCN1S(=O)(=O)c1cnc(NC(=O)N(CC2CCCC2)c2ccc(F)c(F)c2)s1. The fourth-order valence-corrected chi connectivity index (χ4v) is 12.1. The molecule has 1 saturated heterocycles. The fourth-order valence-electron chi connectivity index (χ4n) is 7.93. The second-order valence-electron chi connectivity index (χ2n) is 15.4. The molecule has 7 rings (SSSR count). The summed E-state index contributed by atoms with van der Waals surface area (Å²) in [5.41, 5.74) is 0.177. The number of hydrogen-bond donors (Lipinski definition) is 2. The predicted molar refractivity (Wildman–Crippen MR) is 228 cm³/mol. The van der Waals surface area contributed by atoms with Gasteiger partial charge in [-0.15, -0.1) is 0 Å². The number of carbonyl (C=O) groups is 4. The summed E-state index contributed by atoms with van der Waals surface area (Å²) in [6.07, 6.45) is 9.28. The first-order valence-corrected chi connectivity index (χ1v) is 24.3. The van der Waals surface area contributed by atoms with Crippen LogP contribution in [0.1, 0.15) is 64.2 Å². The molecule has 3 heterocycles. The molecule has 0 radical (unpaired) electrons. The number of sulfonamides is 1. The van der Waals surface area contributed by atoms with E-state index in [1.165, 1.54) is 21.9 Å². The van der Waals surface area contributed by atoms with Gasteiger partial charge in [-0.05, 0) is 74.6 Å². The third-order valence-corrected chi connectivity index (χ3v) is 16.1. The maximum absolute atomic E-state index is 14.2. The summed E-state index contributed by atoms with van der Waals surface area (Å²) in [6.45, 7) is -0.807. The maximum Gasteiger partial charge on any atom is 0.334 e. The van der Waals surface area contributed by atoms with Crippen molar-refractivity contribution in [2.75, 3.05) is 50.9 Å². The molecule has 2 N–H and O–H groups in total. The highest BCUT2D eigenvalue weighted by Gasteiger charge is 2.42. The number of ether oxygens (including phenoxy) is 1. The topological polar surface area (TPSA) is 215 Å². The highest BCUT2D eigenvalue weighted by molar-refractivity contribution is 7.91. The van der Waals surface area contributed by atoms with Gasteiger partial charge in [0, 0.05) is 54.4 Å². The molecule has 2 aromatic carbocycles. The molecule has 2 aromatic heterocycles. The van der Waals surface area contributed by atoms with Crippen LogP contribution in [-0.2, 0) is 35.6 Å². The van der Waals surface area contributed by atoms with Gasteiger partial charge in [0.2, 0.25) is 0 Å². The Morgan fingerprint density at radius 2 is 1.28 bits per heavy atom. The molecule has 3 fully saturated rings. The van der Waals surface area contributed by atoms with E-state index >= 15 is 0 Å². The normalized spacial score (nSPS) is 17.6. The van der Waals surface area contributed by atoms with Crippen LogP contribution >= 0.6 is 22.7 Å². The van der Waals surface area contributed by atoms with E-state index in [2.05, 4.69) is 20.6 Å². The number of nitrogens with zero attached hydrogens (tertiary/aromatic N) is 6. The minimum absolute atomic E-state index is 0.0461. The van der Waals surface area contributed by atoms with Gasteiger partial charge >= 0.3 is 24.0 Å². The van der Waals surface area contributed by atoms with Crippen molar-refractivity contribution in [2.45, 2.75) is 74.5 Å². The molecule has 17 nitrogen and oxygen atoms in total. The zero-order valence-electron chi connectivity index (χ0n) is 33.8. The quantitative estimate of drug-likeness (QED) is 0.0529. The van der Waals surface area contributed by atoms with Gasteiger partial charge in [-0.25, -0.2) is 55.1 Å². The third kappa shape index (κ3) is 11.0. The third-order valence-electron chi connectivity index (χ3n) is 11.1. The molecule has 4 amide bonds. The zero-order valence-corrected chi connectivity index (χ0v) is 37.0. The Morgan fingerprint density at radius 3 is 1.80 bits per heavy atom. The average molecular weight is 970 g/mol. The fraction of sp³-hybridized carbons (Fsp3) is 0.436. The largest absolute Gasteiger partial charge is 0.755 e. The second kappa shape index (κ2) is 20.4. The monoisotopic (exact) mass is 969 g/mol. The summed E-state index contributed by atoms with van der Waals surface area (Å²) in [5, 5.41) is 4.62. The molecule has 2 atom stereocenters. The van der Waals surface area contributed by atoms with E-state index in [1.807, 2.05) is 0 Å². The maximum atomic E-state index is 14.2. The Morgan fingerprint density at radius 1 is 0.766 bits per heavy atom. The Balaban J connectivity index is 0.974. The minimum atomic E-state index is -4.47. The number of esters is 2. The van der Waals surface area contributed by atoms with E-state index in [1.54, 1.807) is 0 Å². The molecule has 3 aliphatic rings. The van der Waals surface area contributed by atoms with Crippen LogP contribution in [0.4, 0.5) is 53.8 Å². The van der Waals surface area contributed by atoms with E-state index in [4.69, 9.17) is 4.74 Å². The Labute approximate surface area is 375 Å². The van der Waals surface area contributed by atoms with Crippen molar-refractivity contribution >= 4 is 94.6 Å². The summed E-state index contributed by atoms with van der Waals surface area (Å²) in [4.78, 5) is 63.8. The van der Waals surface area contributed by atoms with Crippen LogP contribution in [0.15, 0.2) is 53.0 Å². The molecule has 0 bridgehead atoms. The van der Waals surface area contributed by atoms with Gasteiger partial charge in [0.25, 0.3) is 10.0 Å². The molecule has 25 heteroatoms. The standard InChI is InChI=1S/C39H42F4N8O9S4/c40-27-13-11-25(16-29(27)42)48(20-23-6-1-2-7-23)38(54)46-36-44-18-32(61-36)50(63(56)57)22-33(52)60-35(53)31-10-5-15-51(31)64(58,59)34-19-45-37(62-34)47-39(55)49(21-24-8-3-4-9-24)26-12-14-28(41)30(43)17-26/h11-14,16-19,23-24,31H,1-10,15,20-22H2,(H,56,57)(H,44,46,54)(H,45,47,55)/p-1. The molecule has 344 valence electrons. The predicted octanol–water partition coefficient (Wildman–Crippen LogP) is 7.14. The Kier molecular flexibility index (Phi) is 14.9. The first-order valence-electron chi connectivity index (χ1n) is 20.2. The summed E-state index contributed by atoms with van der Waals surface area (Å²) in [6, 6.07) is 3.09. The smallest absolute Gasteiger partial charge is 0.334 e. The van der Waals surface area contributed by atoms with E-state index < -0.39 is 81.1 Å². The first-order chi connectivity index (χ1) is 30.6. The van der Waals surface area contributed by atoms with E-state index in [0.717, 1.165) is 92.3 Å². The van der Waals surface area contributed by atoms with E-state index in [9.17, 15) is 53.9 Å². The molecule has 1 aliphatic heterocycles. The van der Waals surface area contributed by atoms with Crippen molar-refractivity contribution in [1.29, 1.82) is 0 Å². The number of carbonyl (C=O) groups excluding carboxylic acids is 4. The van der Waals surface area contributed by atoms with E-state index in [-0.39, 0.29) is 75.2 Å². The van der Waals surface area contributed by atoms with Crippen molar-refractivity contribution in [3.63, 3.8) is 0 Å². The second-order valence-corrected chi connectivity index (χ2v) is 20.4. The highest BCUT2D eigenvalue weighted by atomic mass is 32.2. The lowest BCUT2D eigenvalue weighted by Gasteiger charge is -2.26. The summed E-state index contributed by atoms with van der Waals surface area (Å²) in [5.74, 6) is -6.92. The van der Waals surface area contributed by atoms with Gasteiger partial charge in [-0.2, -0.15) is 4.31 Å². The van der Waals surface area contributed by atoms with Gasteiger partial charge < -0.3 is 9.29 Å². The number of anilines is 5. The van der Waals surface area contributed by atoms with Crippen LogP contribution in [0.3, 0.4) is 0 Å². The molecule has 2 saturated carbocycles. The Bertz CT molecular complexity index is 2520. The molecular formula is C39H41F4N8O9S4-. The first kappa shape index (κ1) is 46.9. The molecule has 2 unspecified atom stereocenters. The Hall–Kier alpha value is -5.08. The van der Waals surface area contributed by atoms with Crippen LogP contribution in [-0.4, -0.2) is 87.7 Å². The van der Waals surface area contributed by atoms with Crippen LogP contribution < -0.4 is 24.7 Å². The average Bonchev–Trinajstić information content (AvgIpc) is 4.11. The summed E-state index contributed by atoms with van der Waals surface area (Å²) >= 11 is -1.92. The highest BCUT2D eigenvalue weighted by Crippen LogP contribution is 2.35. The van der Waals surface area contributed by atoms with Gasteiger partial charge in [-0.1, -0.05) is 48.4 Å². The molecule has 4 aromatic rings. The van der Waals surface area contributed by atoms with Crippen molar-refractivity contribution in [3.05, 3.63) is 72.1 Å². The minimum Gasteiger partial charge on any atom is -0.755 e. The summed E-state index contributed by atoms with van der Waals surface area (Å²) < 4.78 is 114. The van der Waals surface area contributed by atoms with Crippen molar-refractivity contribution in [1.82, 2.24) is 14.3 Å². The van der Waals surface area contributed by atoms with Gasteiger partial charge in [0.15, 0.2) is 37.7 Å². The number of rotatable bonds is 15. The van der Waals surface area contributed by atoms with Crippen molar-refractivity contribution in [3.8, 4) is 0 Å². The number of nitrogens with one attached hydrogen (secondary N) is 2. The van der Waals surface area contributed by atoms with Crippen LogP contribution in [0.25, 0.3) is 0 Å². The lowest BCUT2D eigenvalue weighted by molar-refractivity contribution is -0.160. The number of hydrogen-bond acceptors (Lipinski definition) is 13. The molecule has 0 spiro atoms. The van der Waals surface area contributed by atoms with Crippen molar-refractivity contribution < 1.29 is 58.7 Å². The van der Waals surface area contributed by atoms with Crippen LogP contribution in [0, 0.1) is 35.1 Å². The molecule has 64 heavy (non-hydrogen) atoms. The number of halogens is 4. The number of thiazole rings is 2. The summed E-state index contributed by atoms with van der Waals surface area (Å²) in [7, 11) is -4.47. The zero-order chi connectivity index (χ0) is 45.7. The van der Waals surface area contributed by atoms with Gasteiger partial charge in [-0.3, -0.25) is 28.9 Å². The van der Waals surface area contributed by atoms with Gasteiger partial charge in [0.1, 0.15) is 17.6 Å². The molecular weight excluding hydrogens is 929 g/mol. The van der Waals surface area contributed by atoms with Crippen molar-refractivity contribution in [2.24, 2.45) is 11.8 Å². The van der Waals surface area contributed by atoms with E-state index in [0.29, 0.717) is 27.0 Å². The van der Waals surface area contributed by atoms with Crippen LogP contribution in [0.2, 0.25) is 0 Å². The lowest BCUT2D eigenvalue weighted by atomic mass is 10.1. The number of benzene rings is 2. The van der Waals surface area contributed by atoms with Gasteiger partial charge in [0.05, 0.1) is 12.4 Å². The number of aromatic nitrogens is 2. The lowest BCUT2D eigenvalue weighted by Crippen LogP contribution is -2.43. The molecule has 2 aliphatic carbocycles.